The summed E-state index contributed by atoms with van der Waals surface area (Å²) in [6.45, 7) is 4.30. The van der Waals surface area contributed by atoms with Crippen LogP contribution in [0.3, 0.4) is 0 Å². The van der Waals surface area contributed by atoms with Crippen LogP contribution < -0.4 is 4.74 Å². The van der Waals surface area contributed by atoms with Gasteiger partial charge < -0.3 is 9.84 Å². The number of carboxylic acids is 1. The number of rotatable bonds is 7. The van der Waals surface area contributed by atoms with Gasteiger partial charge in [-0.2, -0.15) is 18.3 Å². The molecule has 4 aromatic rings. The van der Waals surface area contributed by atoms with Crippen molar-refractivity contribution in [1.29, 1.82) is 0 Å². The van der Waals surface area contributed by atoms with Gasteiger partial charge in [0.25, 0.3) is 0 Å². The van der Waals surface area contributed by atoms with Crippen molar-refractivity contribution in [1.82, 2.24) is 19.7 Å². The number of nitrogens with zero attached hydrogens (tertiary/aromatic N) is 4. The monoisotopic (exact) mass is 562 g/mol. The molecule has 1 aliphatic heterocycles. The lowest BCUT2D eigenvalue weighted by Gasteiger charge is -2.40. The van der Waals surface area contributed by atoms with E-state index < -0.39 is 23.4 Å². The lowest BCUT2D eigenvalue weighted by molar-refractivity contribution is -0.143. The maximum Gasteiger partial charge on any atom is 0.434 e. The Labute approximate surface area is 235 Å². The number of hydrogen-bond donors (Lipinski definition) is 1. The van der Waals surface area contributed by atoms with E-state index in [1.807, 2.05) is 25.1 Å². The SMILES string of the molecule is Cc1ccc(OCc2ccc3c(c2)CCN(C2CCC2)C3)c(-c2cccc(-n3ncc(C(=O)O)c3C(F)(F)F)n2)c1. The molecule has 6 rings (SSSR count). The van der Waals surface area contributed by atoms with Gasteiger partial charge in [-0.15, -0.1) is 0 Å². The van der Waals surface area contributed by atoms with Gasteiger partial charge in [-0.05, 0) is 67.1 Å². The average Bonchev–Trinajstić information content (AvgIpc) is 3.38. The number of hydrogen-bond acceptors (Lipinski definition) is 5. The number of carbonyl (C=O) groups is 1. The molecule has 0 radical (unpaired) electrons. The van der Waals surface area contributed by atoms with Gasteiger partial charge in [0.2, 0.25) is 0 Å². The van der Waals surface area contributed by atoms with Gasteiger partial charge >= 0.3 is 12.1 Å². The average molecular weight is 563 g/mol. The van der Waals surface area contributed by atoms with E-state index in [4.69, 9.17) is 4.74 Å². The third-order valence-electron chi connectivity index (χ3n) is 7.93. The van der Waals surface area contributed by atoms with E-state index in [1.165, 1.54) is 36.5 Å². The summed E-state index contributed by atoms with van der Waals surface area (Å²) in [4.78, 5) is 18.4. The third-order valence-corrected chi connectivity index (χ3v) is 7.93. The van der Waals surface area contributed by atoms with Crippen LogP contribution in [0.25, 0.3) is 17.1 Å². The zero-order valence-electron chi connectivity index (χ0n) is 22.5. The van der Waals surface area contributed by atoms with Crippen LogP contribution in [0.1, 0.15) is 57.6 Å². The Hall–Kier alpha value is -4.18. The first-order valence-corrected chi connectivity index (χ1v) is 13.6. The zero-order valence-corrected chi connectivity index (χ0v) is 22.5. The number of fused-ring (bicyclic) bond motifs is 1. The molecule has 1 aliphatic carbocycles. The molecular weight excluding hydrogens is 533 g/mol. The molecular formula is C31H29F3N4O3. The van der Waals surface area contributed by atoms with Crippen molar-refractivity contribution in [3.8, 4) is 22.8 Å². The number of alkyl halides is 3. The van der Waals surface area contributed by atoms with Crippen LogP contribution >= 0.6 is 0 Å². The second-order valence-electron chi connectivity index (χ2n) is 10.7. The Morgan fingerprint density at radius 3 is 2.66 bits per heavy atom. The van der Waals surface area contributed by atoms with Crippen LogP contribution in [0.2, 0.25) is 0 Å². The molecule has 1 saturated carbocycles. The number of carboxylic acid groups (broad SMARTS) is 1. The molecule has 7 nitrogen and oxygen atoms in total. The smallest absolute Gasteiger partial charge is 0.434 e. The van der Waals surface area contributed by atoms with Crippen molar-refractivity contribution in [3.63, 3.8) is 0 Å². The number of halogens is 3. The minimum absolute atomic E-state index is 0.152. The zero-order chi connectivity index (χ0) is 28.7. The van der Waals surface area contributed by atoms with Gasteiger partial charge in [0.05, 0.1) is 11.9 Å². The highest BCUT2D eigenvalue weighted by Gasteiger charge is 2.41. The highest BCUT2D eigenvalue weighted by Crippen LogP contribution is 2.35. The lowest BCUT2D eigenvalue weighted by Crippen LogP contribution is -2.43. The van der Waals surface area contributed by atoms with Crippen molar-refractivity contribution in [2.24, 2.45) is 0 Å². The lowest BCUT2D eigenvalue weighted by atomic mass is 9.88. The number of aryl methyl sites for hydroxylation is 1. The summed E-state index contributed by atoms with van der Waals surface area (Å²) in [6, 6.07) is 17.4. The van der Waals surface area contributed by atoms with Crippen LogP contribution in [0.4, 0.5) is 13.2 Å². The van der Waals surface area contributed by atoms with Crippen molar-refractivity contribution in [3.05, 3.63) is 94.3 Å². The van der Waals surface area contributed by atoms with E-state index in [9.17, 15) is 23.1 Å². The topological polar surface area (TPSA) is 80.5 Å². The highest BCUT2D eigenvalue weighted by atomic mass is 19.4. The first-order chi connectivity index (χ1) is 19.7. The van der Waals surface area contributed by atoms with E-state index in [1.54, 1.807) is 12.1 Å². The molecule has 0 bridgehead atoms. The van der Waals surface area contributed by atoms with Gasteiger partial charge in [-0.25, -0.2) is 14.5 Å². The van der Waals surface area contributed by atoms with E-state index in [0.29, 0.717) is 34.5 Å². The Balaban J connectivity index is 1.26. The van der Waals surface area contributed by atoms with E-state index >= 15 is 0 Å². The number of aromatic carboxylic acids is 1. The normalized spacial score (nSPS) is 15.8. The summed E-state index contributed by atoms with van der Waals surface area (Å²) < 4.78 is 48.1. The molecule has 41 heavy (non-hydrogen) atoms. The summed E-state index contributed by atoms with van der Waals surface area (Å²) in [6.07, 6.45) is 0.686. The predicted molar refractivity (Wildman–Crippen MR) is 146 cm³/mol. The molecule has 0 spiro atoms. The van der Waals surface area contributed by atoms with Gasteiger partial charge in [0, 0.05) is 24.7 Å². The Morgan fingerprint density at radius 1 is 1.10 bits per heavy atom. The van der Waals surface area contributed by atoms with Crippen LogP contribution in [-0.2, 0) is 25.7 Å². The fourth-order valence-corrected chi connectivity index (χ4v) is 5.56. The largest absolute Gasteiger partial charge is 0.488 e. The molecule has 1 fully saturated rings. The molecule has 2 aliphatic rings. The van der Waals surface area contributed by atoms with Crippen LogP contribution in [0.15, 0.2) is 60.8 Å². The van der Waals surface area contributed by atoms with Gasteiger partial charge in [0.1, 0.15) is 17.9 Å². The summed E-state index contributed by atoms with van der Waals surface area (Å²) in [5.74, 6) is -1.33. The molecule has 0 atom stereocenters. The molecule has 3 heterocycles. The Morgan fingerprint density at radius 2 is 1.93 bits per heavy atom. The molecule has 2 aromatic carbocycles. The van der Waals surface area contributed by atoms with E-state index in [-0.39, 0.29) is 5.82 Å². The Bertz CT molecular complexity index is 1610. The molecule has 212 valence electrons. The third kappa shape index (κ3) is 5.44. The highest BCUT2D eigenvalue weighted by molar-refractivity contribution is 5.89. The van der Waals surface area contributed by atoms with Gasteiger partial charge in [-0.3, -0.25) is 4.90 Å². The Kier molecular flexibility index (Phi) is 7.03. The summed E-state index contributed by atoms with van der Waals surface area (Å²) in [7, 11) is 0. The minimum Gasteiger partial charge on any atom is -0.488 e. The molecule has 0 unspecified atom stereocenters. The fourth-order valence-electron chi connectivity index (χ4n) is 5.56. The number of benzene rings is 2. The molecule has 10 heteroatoms. The van der Waals surface area contributed by atoms with Crippen molar-refractivity contribution < 1.29 is 27.8 Å². The number of aromatic nitrogens is 3. The first kappa shape index (κ1) is 27.0. The minimum atomic E-state index is -4.94. The van der Waals surface area contributed by atoms with Crippen molar-refractivity contribution in [2.45, 2.75) is 58.0 Å². The predicted octanol–water partition coefficient (Wildman–Crippen LogP) is 6.45. The van der Waals surface area contributed by atoms with E-state index in [0.717, 1.165) is 36.7 Å². The maximum atomic E-state index is 13.8. The second-order valence-corrected chi connectivity index (χ2v) is 10.7. The van der Waals surface area contributed by atoms with Crippen molar-refractivity contribution in [2.75, 3.05) is 6.54 Å². The van der Waals surface area contributed by atoms with Gasteiger partial charge in [-0.1, -0.05) is 42.3 Å². The number of ether oxygens (including phenoxy) is 1. The molecule has 0 saturated heterocycles. The summed E-state index contributed by atoms with van der Waals surface area (Å²) in [5, 5.41) is 13.0. The molecule has 0 amide bonds. The maximum absolute atomic E-state index is 13.8. The summed E-state index contributed by atoms with van der Waals surface area (Å²) in [5.41, 5.74) is 3.34. The quantitative estimate of drug-likeness (QED) is 0.279. The van der Waals surface area contributed by atoms with Crippen LogP contribution in [-0.4, -0.2) is 43.3 Å². The fraction of sp³-hybridized carbons (Fsp3) is 0.323. The van der Waals surface area contributed by atoms with Crippen molar-refractivity contribution >= 4 is 5.97 Å². The number of pyridine rings is 1. The summed E-state index contributed by atoms with van der Waals surface area (Å²) >= 11 is 0. The standard InChI is InChI=1S/C31H29F3N4O3/c1-19-8-11-27(41-18-20-9-10-22-17-37(23-4-2-5-23)13-12-21(22)15-20)24(14-19)26-6-3-7-28(36-26)38-29(31(32,33)34)25(16-35-38)30(39)40/h3,6-11,14-16,23H,2,4-5,12-13,17-18H2,1H3,(H,39,40). The molecule has 1 N–H and O–H groups in total. The first-order valence-electron chi connectivity index (χ1n) is 13.6. The van der Waals surface area contributed by atoms with Crippen LogP contribution in [0.5, 0.6) is 5.75 Å². The second kappa shape index (κ2) is 10.7. The van der Waals surface area contributed by atoms with E-state index in [2.05, 4.69) is 33.2 Å². The van der Waals surface area contributed by atoms with Gasteiger partial charge in [0.15, 0.2) is 11.5 Å². The molecule has 2 aromatic heterocycles. The van der Waals surface area contributed by atoms with Crippen LogP contribution in [0, 0.1) is 6.92 Å².